The van der Waals surface area contributed by atoms with Crippen molar-refractivity contribution in [1.29, 1.82) is 5.26 Å². The highest BCUT2D eigenvalue weighted by Gasteiger charge is 2.19. The summed E-state index contributed by atoms with van der Waals surface area (Å²) >= 11 is 0. The molecule has 1 aliphatic heterocycles. The summed E-state index contributed by atoms with van der Waals surface area (Å²) in [6.07, 6.45) is 4.50. The Bertz CT molecular complexity index is 746. The maximum Gasteiger partial charge on any atom is 0.193 e. The fourth-order valence-corrected chi connectivity index (χ4v) is 3.36. The first-order chi connectivity index (χ1) is 11.7. The number of Topliss-reactive ketones (excluding diaryl/α,β-unsaturated/α-hetero) is 1. The van der Waals surface area contributed by atoms with Gasteiger partial charge in [-0.1, -0.05) is 13.3 Å². The Hall–Kier alpha value is -2.38. The van der Waals surface area contributed by atoms with E-state index >= 15 is 0 Å². The Morgan fingerprint density at radius 2 is 1.79 bits per heavy atom. The third-order valence-corrected chi connectivity index (χ3v) is 4.68. The molecule has 0 unspecified atom stereocenters. The lowest BCUT2D eigenvalue weighted by Crippen LogP contribution is -2.35. The van der Waals surface area contributed by atoms with E-state index in [1.54, 1.807) is 12.1 Å². The Balaban J connectivity index is 1.89. The van der Waals surface area contributed by atoms with Gasteiger partial charge in [-0.05, 0) is 68.8 Å². The van der Waals surface area contributed by atoms with Crippen LogP contribution in [0.1, 0.15) is 47.9 Å². The summed E-state index contributed by atoms with van der Waals surface area (Å²) in [5.41, 5.74) is 3.42. The molecule has 1 saturated heterocycles. The lowest BCUT2D eigenvalue weighted by Gasteiger charge is -2.25. The molecule has 0 spiro atoms. The molecule has 0 saturated carbocycles. The van der Waals surface area contributed by atoms with E-state index in [1.165, 1.54) is 19.3 Å². The molecule has 0 N–H and O–H groups in total. The molecule has 4 nitrogen and oxygen atoms in total. The van der Waals surface area contributed by atoms with Crippen molar-refractivity contribution in [2.45, 2.75) is 32.6 Å². The molecule has 2 heterocycles. The van der Waals surface area contributed by atoms with E-state index in [0.29, 0.717) is 12.1 Å². The standard InChI is InChI=1S/C20H23N3O/c1-2-17-10-11-19(20(24)15-22-12-4-3-5-13-22)23(17)18-8-6-16(14-21)7-9-18/h6-11H,2-5,12-13,15H2,1H3. The van der Waals surface area contributed by atoms with Crippen LogP contribution in [-0.4, -0.2) is 34.9 Å². The van der Waals surface area contributed by atoms with Crippen LogP contribution in [0.25, 0.3) is 5.69 Å². The van der Waals surface area contributed by atoms with Gasteiger partial charge in [0.2, 0.25) is 0 Å². The largest absolute Gasteiger partial charge is 0.311 e. The summed E-state index contributed by atoms with van der Waals surface area (Å²) in [5, 5.41) is 8.97. The molecule has 1 aromatic carbocycles. The van der Waals surface area contributed by atoms with Crippen molar-refractivity contribution in [3.63, 3.8) is 0 Å². The summed E-state index contributed by atoms with van der Waals surface area (Å²) in [6, 6.07) is 13.5. The van der Waals surface area contributed by atoms with Crippen LogP contribution >= 0.6 is 0 Å². The van der Waals surface area contributed by atoms with E-state index in [0.717, 1.165) is 36.6 Å². The van der Waals surface area contributed by atoms with Crippen LogP contribution < -0.4 is 0 Å². The summed E-state index contributed by atoms with van der Waals surface area (Å²) in [7, 11) is 0. The minimum atomic E-state index is 0.168. The third-order valence-electron chi connectivity index (χ3n) is 4.68. The molecule has 24 heavy (non-hydrogen) atoms. The lowest BCUT2D eigenvalue weighted by atomic mass is 10.1. The first kappa shape index (κ1) is 16.5. The van der Waals surface area contributed by atoms with Gasteiger partial charge >= 0.3 is 0 Å². The van der Waals surface area contributed by atoms with Crippen molar-refractivity contribution < 1.29 is 4.79 Å². The number of hydrogen-bond donors (Lipinski definition) is 0. The summed E-state index contributed by atoms with van der Waals surface area (Å²) in [5.74, 6) is 0.168. The summed E-state index contributed by atoms with van der Waals surface area (Å²) in [6.45, 7) is 4.62. The number of nitrogens with zero attached hydrogens (tertiary/aromatic N) is 3. The number of hydrogen-bond acceptors (Lipinski definition) is 3. The Morgan fingerprint density at radius 1 is 1.08 bits per heavy atom. The minimum Gasteiger partial charge on any atom is -0.311 e. The van der Waals surface area contributed by atoms with E-state index in [9.17, 15) is 4.79 Å². The number of carbonyl (C=O) groups excluding carboxylic acids is 1. The van der Waals surface area contributed by atoms with E-state index < -0.39 is 0 Å². The Morgan fingerprint density at radius 3 is 2.42 bits per heavy atom. The zero-order valence-electron chi connectivity index (χ0n) is 14.2. The molecular weight excluding hydrogens is 298 g/mol. The monoisotopic (exact) mass is 321 g/mol. The summed E-state index contributed by atoms with van der Waals surface area (Å²) in [4.78, 5) is 15.1. The smallest absolute Gasteiger partial charge is 0.193 e. The van der Waals surface area contributed by atoms with Gasteiger partial charge < -0.3 is 4.57 Å². The molecule has 4 heteroatoms. The topological polar surface area (TPSA) is 49.0 Å². The second-order valence-corrected chi connectivity index (χ2v) is 6.32. The van der Waals surface area contributed by atoms with Gasteiger partial charge in [-0.25, -0.2) is 0 Å². The fraction of sp³-hybridized carbons (Fsp3) is 0.400. The van der Waals surface area contributed by atoms with Crippen molar-refractivity contribution in [2.24, 2.45) is 0 Å². The van der Waals surface area contributed by atoms with Gasteiger partial charge in [-0.3, -0.25) is 9.69 Å². The first-order valence-corrected chi connectivity index (χ1v) is 8.69. The third kappa shape index (κ3) is 3.42. The van der Waals surface area contributed by atoms with Gasteiger partial charge in [-0.2, -0.15) is 5.26 Å². The fourth-order valence-electron chi connectivity index (χ4n) is 3.36. The van der Waals surface area contributed by atoms with Gasteiger partial charge in [0, 0.05) is 11.4 Å². The number of piperidine rings is 1. The van der Waals surface area contributed by atoms with E-state index in [2.05, 4.69) is 17.9 Å². The molecule has 1 fully saturated rings. The molecule has 0 atom stereocenters. The molecule has 0 radical (unpaired) electrons. The zero-order valence-corrected chi connectivity index (χ0v) is 14.2. The molecule has 124 valence electrons. The van der Waals surface area contributed by atoms with Crippen LogP contribution in [0, 0.1) is 11.3 Å². The molecular formula is C20H23N3O. The summed E-state index contributed by atoms with van der Waals surface area (Å²) < 4.78 is 2.04. The number of rotatable bonds is 5. The van der Waals surface area contributed by atoms with Crippen LogP contribution in [0.3, 0.4) is 0 Å². The predicted molar refractivity (Wildman–Crippen MR) is 94.5 cm³/mol. The molecule has 3 rings (SSSR count). The highest BCUT2D eigenvalue weighted by molar-refractivity contribution is 5.97. The van der Waals surface area contributed by atoms with Crippen LogP contribution in [-0.2, 0) is 6.42 Å². The minimum absolute atomic E-state index is 0.168. The second kappa shape index (κ2) is 7.46. The van der Waals surface area contributed by atoms with Crippen molar-refractivity contribution >= 4 is 5.78 Å². The van der Waals surface area contributed by atoms with Crippen molar-refractivity contribution in [1.82, 2.24) is 9.47 Å². The maximum atomic E-state index is 12.8. The van der Waals surface area contributed by atoms with Gasteiger partial charge in [0.15, 0.2) is 5.78 Å². The number of benzene rings is 1. The van der Waals surface area contributed by atoms with Gasteiger partial charge in [0.1, 0.15) is 0 Å². The van der Waals surface area contributed by atoms with Crippen molar-refractivity contribution in [2.75, 3.05) is 19.6 Å². The maximum absolute atomic E-state index is 12.8. The van der Waals surface area contributed by atoms with Crippen LogP contribution in [0.4, 0.5) is 0 Å². The van der Waals surface area contributed by atoms with Crippen molar-refractivity contribution in [3.05, 3.63) is 53.3 Å². The second-order valence-electron chi connectivity index (χ2n) is 6.32. The Kier molecular flexibility index (Phi) is 5.12. The molecule has 1 aromatic heterocycles. The van der Waals surface area contributed by atoms with E-state index in [1.807, 2.05) is 28.8 Å². The average molecular weight is 321 g/mol. The SMILES string of the molecule is CCc1ccc(C(=O)CN2CCCCC2)n1-c1ccc(C#N)cc1. The normalized spacial score (nSPS) is 15.2. The van der Waals surface area contributed by atoms with E-state index in [-0.39, 0.29) is 5.78 Å². The average Bonchev–Trinajstić information content (AvgIpc) is 3.07. The molecule has 0 bridgehead atoms. The number of aromatic nitrogens is 1. The highest BCUT2D eigenvalue weighted by atomic mass is 16.1. The molecule has 2 aromatic rings. The molecule has 0 amide bonds. The van der Waals surface area contributed by atoms with Crippen LogP contribution in [0.2, 0.25) is 0 Å². The predicted octanol–water partition coefficient (Wildman–Crippen LogP) is 3.58. The number of likely N-dealkylation sites (tertiary alicyclic amines) is 1. The lowest BCUT2D eigenvalue weighted by molar-refractivity contribution is 0.0909. The van der Waals surface area contributed by atoms with Gasteiger partial charge in [0.25, 0.3) is 0 Å². The van der Waals surface area contributed by atoms with Crippen LogP contribution in [0.5, 0.6) is 0 Å². The van der Waals surface area contributed by atoms with Gasteiger partial charge in [-0.15, -0.1) is 0 Å². The molecule has 0 aliphatic carbocycles. The molecule has 1 aliphatic rings. The number of carbonyl (C=O) groups is 1. The quantitative estimate of drug-likeness (QED) is 0.791. The van der Waals surface area contributed by atoms with Gasteiger partial charge in [0.05, 0.1) is 23.9 Å². The van der Waals surface area contributed by atoms with Crippen molar-refractivity contribution in [3.8, 4) is 11.8 Å². The first-order valence-electron chi connectivity index (χ1n) is 8.69. The Labute approximate surface area is 143 Å². The van der Waals surface area contributed by atoms with E-state index in [4.69, 9.17) is 5.26 Å². The number of ketones is 1. The highest BCUT2D eigenvalue weighted by Crippen LogP contribution is 2.20. The van der Waals surface area contributed by atoms with Crippen LogP contribution in [0.15, 0.2) is 36.4 Å². The number of aryl methyl sites for hydroxylation is 1. The number of nitriles is 1. The zero-order chi connectivity index (χ0) is 16.9.